The SMILES string of the molecule is CC[C@@H]1CN(Cc2cc(C(CC(=O)NCCF)c3ccc4c(nnn4CC)c3C)ccc2C)S(=O)(=O)c2cccnc2O1. The Balaban J connectivity index is 1.56. The van der Waals surface area contributed by atoms with E-state index in [0.29, 0.717) is 13.0 Å². The summed E-state index contributed by atoms with van der Waals surface area (Å²) >= 11 is 0. The predicted molar refractivity (Wildman–Crippen MR) is 161 cm³/mol. The lowest BCUT2D eigenvalue weighted by Gasteiger charge is -2.25. The summed E-state index contributed by atoms with van der Waals surface area (Å²) in [4.78, 5) is 17.2. The molecular weight excluding hydrogens is 571 g/mol. The Kier molecular flexibility index (Phi) is 9.07. The molecular formula is C31H37FN6O4S. The monoisotopic (exact) mass is 608 g/mol. The van der Waals surface area contributed by atoms with E-state index in [9.17, 15) is 17.6 Å². The Labute approximate surface area is 251 Å². The van der Waals surface area contributed by atoms with Gasteiger partial charge in [0.15, 0.2) is 0 Å². The van der Waals surface area contributed by atoms with Crippen LogP contribution in [-0.2, 0) is 27.9 Å². The molecule has 1 unspecified atom stereocenters. The summed E-state index contributed by atoms with van der Waals surface area (Å²) in [7, 11) is -3.89. The van der Waals surface area contributed by atoms with Crippen LogP contribution in [0.1, 0.15) is 60.4 Å². The number of pyridine rings is 1. The number of nitrogens with one attached hydrogen (secondary N) is 1. The predicted octanol–water partition coefficient (Wildman–Crippen LogP) is 4.43. The van der Waals surface area contributed by atoms with Crippen LogP contribution >= 0.6 is 0 Å². The molecule has 1 aliphatic heterocycles. The van der Waals surface area contributed by atoms with E-state index in [1.807, 2.05) is 62.7 Å². The van der Waals surface area contributed by atoms with E-state index in [4.69, 9.17) is 4.74 Å². The maximum Gasteiger partial charge on any atom is 0.248 e. The molecule has 2 atom stereocenters. The maximum absolute atomic E-state index is 13.8. The van der Waals surface area contributed by atoms with Crippen molar-refractivity contribution >= 4 is 27.0 Å². The summed E-state index contributed by atoms with van der Waals surface area (Å²) in [5.74, 6) is -0.538. The second-order valence-corrected chi connectivity index (χ2v) is 12.7. The molecule has 0 saturated carbocycles. The molecule has 3 heterocycles. The standard InChI is InChI=1S/C31H37FN6O4S/c1-5-24-19-37(43(40,41)28-8-7-14-34-31(28)42-24)18-23-16-22(10-9-20(23)3)26(17-29(39)33-15-13-32)25-11-12-27-30(21(25)4)35-36-38(27)6-2/h7-12,14,16,24,26H,5-6,13,15,17-19H2,1-4H3,(H,33,39)/t24-,26?/m1/s1. The van der Waals surface area contributed by atoms with Crippen molar-refractivity contribution in [3.8, 4) is 5.88 Å². The number of hydrogen-bond donors (Lipinski definition) is 1. The van der Waals surface area contributed by atoms with E-state index in [1.54, 1.807) is 6.07 Å². The molecule has 1 aliphatic rings. The molecule has 0 radical (unpaired) electrons. The Morgan fingerprint density at radius 1 is 1.19 bits per heavy atom. The van der Waals surface area contributed by atoms with Crippen LogP contribution in [0, 0.1) is 13.8 Å². The van der Waals surface area contributed by atoms with Crippen molar-refractivity contribution < 1.29 is 22.3 Å². The van der Waals surface area contributed by atoms with Crippen LogP contribution in [0.4, 0.5) is 4.39 Å². The molecule has 12 heteroatoms. The number of hydrogen-bond acceptors (Lipinski definition) is 7. The fourth-order valence-corrected chi connectivity index (χ4v) is 7.12. The quantitative estimate of drug-likeness (QED) is 0.283. The first-order chi connectivity index (χ1) is 20.7. The highest BCUT2D eigenvalue weighted by atomic mass is 32.2. The number of alkyl halides is 1. The zero-order valence-electron chi connectivity index (χ0n) is 24.9. The molecule has 2 aromatic carbocycles. The molecule has 1 amide bonds. The molecule has 10 nitrogen and oxygen atoms in total. The van der Waals surface area contributed by atoms with Crippen LogP contribution in [0.25, 0.3) is 11.0 Å². The number of benzene rings is 2. The van der Waals surface area contributed by atoms with Crippen molar-refractivity contribution in [1.29, 1.82) is 0 Å². The third kappa shape index (κ3) is 6.12. The molecule has 1 N–H and O–H groups in total. The highest BCUT2D eigenvalue weighted by molar-refractivity contribution is 7.89. The van der Waals surface area contributed by atoms with Crippen molar-refractivity contribution in [2.75, 3.05) is 19.8 Å². The van der Waals surface area contributed by atoms with Crippen LogP contribution in [0.15, 0.2) is 53.6 Å². The Morgan fingerprint density at radius 3 is 2.74 bits per heavy atom. The lowest BCUT2D eigenvalue weighted by atomic mass is 9.84. The summed E-state index contributed by atoms with van der Waals surface area (Å²) in [6.07, 6.45) is 1.87. The number of rotatable bonds is 10. The Bertz CT molecular complexity index is 1740. The van der Waals surface area contributed by atoms with Crippen LogP contribution in [-0.4, -0.2) is 64.5 Å². The van der Waals surface area contributed by atoms with Gasteiger partial charge in [-0.15, -0.1) is 5.10 Å². The average molecular weight is 609 g/mol. The second-order valence-electron chi connectivity index (χ2n) is 10.8. The van der Waals surface area contributed by atoms with Gasteiger partial charge >= 0.3 is 0 Å². The first-order valence-corrected chi connectivity index (χ1v) is 16.0. The van der Waals surface area contributed by atoms with Gasteiger partial charge in [0.25, 0.3) is 0 Å². The molecule has 0 fully saturated rings. The van der Waals surface area contributed by atoms with Gasteiger partial charge in [-0.05, 0) is 73.2 Å². The van der Waals surface area contributed by atoms with Crippen LogP contribution in [0.2, 0.25) is 0 Å². The minimum Gasteiger partial charge on any atom is -0.472 e. The first kappa shape index (κ1) is 30.6. The highest BCUT2D eigenvalue weighted by Gasteiger charge is 2.35. The third-order valence-electron chi connectivity index (χ3n) is 8.08. The number of aromatic nitrogens is 4. The number of carbonyl (C=O) groups excluding carboxylic acids is 1. The number of sulfonamides is 1. The molecule has 2 aromatic heterocycles. The molecule has 5 rings (SSSR count). The zero-order valence-corrected chi connectivity index (χ0v) is 25.7. The van der Waals surface area contributed by atoms with Gasteiger partial charge in [0.1, 0.15) is 23.2 Å². The number of carbonyl (C=O) groups is 1. The van der Waals surface area contributed by atoms with Gasteiger partial charge in [-0.1, -0.05) is 36.4 Å². The fraction of sp³-hybridized carbons (Fsp3) is 0.419. The van der Waals surface area contributed by atoms with E-state index < -0.39 is 16.7 Å². The summed E-state index contributed by atoms with van der Waals surface area (Å²) < 4.78 is 49.7. The van der Waals surface area contributed by atoms with Crippen molar-refractivity contribution in [2.45, 2.75) is 70.5 Å². The summed E-state index contributed by atoms with van der Waals surface area (Å²) in [5.41, 5.74) is 6.05. The van der Waals surface area contributed by atoms with Gasteiger partial charge in [-0.25, -0.2) is 22.5 Å². The van der Waals surface area contributed by atoms with Crippen molar-refractivity contribution in [3.05, 3.63) is 76.5 Å². The Morgan fingerprint density at radius 2 is 2.00 bits per heavy atom. The van der Waals surface area contributed by atoms with Crippen molar-refractivity contribution in [2.24, 2.45) is 0 Å². The maximum atomic E-state index is 13.8. The van der Waals surface area contributed by atoms with Crippen molar-refractivity contribution in [1.82, 2.24) is 29.6 Å². The van der Waals surface area contributed by atoms with Gasteiger partial charge in [-0.2, -0.15) is 4.31 Å². The average Bonchev–Trinajstić information content (AvgIpc) is 3.39. The van der Waals surface area contributed by atoms with Crippen LogP contribution in [0.3, 0.4) is 0 Å². The first-order valence-electron chi connectivity index (χ1n) is 14.5. The van der Waals surface area contributed by atoms with Crippen molar-refractivity contribution in [3.63, 3.8) is 0 Å². The lowest BCUT2D eigenvalue weighted by Crippen LogP contribution is -2.36. The van der Waals surface area contributed by atoms with Gasteiger partial charge < -0.3 is 10.1 Å². The minimum absolute atomic E-state index is 0.0474. The number of nitrogens with zero attached hydrogens (tertiary/aromatic N) is 5. The van der Waals surface area contributed by atoms with Gasteiger partial charge in [0.05, 0.1) is 12.1 Å². The number of amides is 1. The smallest absolute Gasteiger partial charge is 0.248 e. The number of fused-ring (bicyclic) bond motifs is 2. The molecule has 0 aliphatic carbocycles. The van der Waals surface area contributed by atoms with E-state index in [1.165, 1.54) is 16.6 Å². The molecule has 4 aromatic rings. The number of ether oxygens (including phenoxy) is 1. The molecule has 0 spiro atoms. The number of aryl methyl sites for hydroxylation is 3. The molecule has 228 valence electrons. The van der Waals surface area contributed by atoms with Gasteiger partial charge in [0, 0.05) is 38.2 Å². The highest BCUT2D eigenvalue weighted by Crippen LogP contribution is 2.36. The van der Waals surface area contributed by atoms with Crippen LogP contribution < -0.4 is 10.1 Å². The molecule has 43 heavy (non-hydrogen) atoms. The minimum atomic E-state index is -3.89. The summed E-state index contributed by atoms with van der Waals surface area (Å²) in [5, 5.41) is 11.3. The summed E-state index contributed by atoms with van der Waals surface area (Å²) in [6.45, 7) is 8.12. The molecule has 0 saturated heterocycles. The van der Waals surface area contributed by atoms with Gasteiger partial charge in [-0.3, -0.25) is 4.79 Å². The lowest BCUT2D eigenvalue weighted by molar-refractivity contribution is -0.121. The third-order valence-corrected chi connectivity index (χ3v) is 9.91. The summed E-state index contributed by atoms with van der Waals surface area (Å²) in [6, 6.07) is 13.0. The normalized spacial score (nSPS) is 17.2. The zero-order chi connectivity index (χ0) is 30.7. The van der Waals surface area contributed by atoms with E-state index in [0.717, 1.165) is 38.9 Å². The Hall–Kier alpha value is -3.90. The second kappa shape index (κ2) is 12.8. The molecule has 0 bridgehead atoms. The largest absolute Gasteiger partial charge is 0.472 e. The van der Waals surface area contributed by atoms with E-state index in [2.05, 4.69) is 20.6 Å². The fourth-order valence-electron chi connectivity index (χ4n) is 5.60. The number of halogens is 1. The van der Waals surface area contributed by atoms with E-state index >= 15 is 0 Å². The van der Waals surface area contributed by atoms with Crippen LogP contribution in [0.5, 0.6) is 5.88 Å². The van der Waals surface area contributed by atoms with Gasteiger partial charge in [0.2, 0.25) is 21.8 Å². The topological polar surface area (TPSA) is 119 Å². The van der Waals surface area contributed by atoms with E-state index in [-0.39, 0.29) is 54.8 Å².